The van der Waals surface area contributed by atoms with Crippen LogP contribution in [0.5, 0.6) is 0 Å². The summed E-state index contributed by atoms with van der Waals surface area (Å²) in [5.41, 5.74) is 0.759. The molecule has 0 radical (unpaired) electrons. The fraction of sp³-hybridized carbons (Fsp3) is 0.417. The first-order valence-corrected chi connectivity index (χ1v) is 7.96. The number of anilines is 1. The third kappa shape index (κ3) is 3.01. The van der Waals surface area contributed by atoms with E-state index in [1.165, 1.54) is 12.1 Å². The van der Waals surface area contributed by atoms with Gasteiger partial charge in [-0.1, -0.05) is 11.6 Å². The second kappa shape index (κ2) is 5.02. The molecule has 1 atom stereocenters. The zero-order valence-corrected chi connectivity index (χ0v) is 11.9. The van der Waals surface area contributed by atoms with Crippen LogP contribution in [0.2, 0.25) is 5.02 Å². The second-order valence-electron chi connectivity index (χ2n) is 4.64. The Bertz CT molecular complexity index is 614. The highest BCUT2D eigenvalue weighted by Crippen LogP contribution is 2.30. The Morgan fingerprint density at radius 3 is 2.63 bits per heavy atom. The Morgan fingerprint density at radius 2 is 2.16 bits per heavy atom. The molecule has 19 heavy (non-hydrogen) atoms. The summed E-state index contributed by atoms with van der Waals surface area (Å²) in [4.78, 5) is 12.6. The molecule has 0 aromatic heterocycles. The molecule has 1 fully saturated rings. The summed E-state index contributed by atoms with van der Waals surface area (Å²) < 4.78 is 22.9. The average molecular weight is 304 g/mol. The number of benzene rings is 1. The minimum absolute atomic E-state index is 0.112. The molecule has 0 aliphatic carbocycles. The van der Waals surface area contributed by atoms with Crippen LogP contribution in [-0.4, -0.2) is 44.1 Å². The van der Waals surface area contributed by atoms with Crippen molar-refractivity contribution in [1.29, 1.82) is 0 Å². The Labute approximate surface area is 116 Å². The van der Waals surface area contributed by atoms with Crippen molar-refractivity contribution in [3.8, 4) is 0 Å². The fourth-order valence-corrected chi connectivity index (χ4v) is 4.29. The molecule has 1 aromatic carbocycles. The average Bonchev–Trinajstić information content (AvgIpc) is 2.68. The van der Waals surface area contributed by atoms with Crippen LogP contribution in [0.1, 0.15) is 16.8 Å². The van der Waals surface area contributed by atoms with Crippen molar-refractivity contribution >= 4 is 33.1 Å². The monoisotopic (exact) mass is 303 g/mol. The van der Waals surface area contributed by atoms with Crippen molar-refractivity contribution in [1.82, 2.24) is 0 Å². The Hall–Kier alpha value is -1.27. The van der Waals surface area contributed by atoms with Crippen LogP contribution in [0.15, 0.2) is 18.2 Å². The quantitative estimate of drug-likeness (QED) is 0.919. The molecule has 0 saturated carbocycles. The Kier molecular flexibility index (Phi) is 3.73. The number of sulfone groups is 1. The summed E-state index contributed by atoms with van der Waals surface area (Å²) in [6.07, 6.45) is 0.565. The van der Waals surface area contributed by atoms with Gasteiger partial charge in [-0.2, -0.15) is 0 Å². The summed E-state index contributed by atoms with van der Waals surface area (Å²) >= 11 is 6.06. The number of hydrogen-bond acceptors (Lipinski definition) is 4. The van der Waals surface area contributed by atoms with Gasteiger partial charge in [-0.25, -0.2) is 13.2 Å². The topological polar surface area (TPSA) is 74.7 Å². The number of carboxylic acid groups (broad SMARTS) is 1. The van der Waals surface area contributed by atoms with Crippen molar-refractivity contribution in [2.45, 2.75) is 12.5 Å². The highest BCUT2D eigenvalue weighted by molar-refractivity contribution is 7.91. The van der Waals surface area contributed by atoms with Gasteiger partial charge in [0, 0.05) is 13.1 Å². The molecule has 1 saturated heterocycles. The van der Waals surface area contributed by atoms with Gasteiger partial charge in [-0.15, -0.1) is 0 Å². The van der Waals surface area contributed by atoms with Crippen LogP contribution in [0.3, 0.4) is 0 Å². The third-order valence-corrected chi connectivity index (χ3v) is 5.38. The fourth-order valence-electron chi connectivity index (χ4n) is 2.20. The van der Waals surface area contributed by atoms with E-state index in [0.29, 0.717) is 17.1 Å². The lowest BCUT2D eigenvalue weighted by Crippen LogP contribution is -2.32. The first-order valence-electron chi connectivity index (χ1n) is 5.76. The molecule has 1 N–H and O–H groups in total. The standard InChI is InChI=1S/C12H14ClNO4S/c1-14(9-4-5-19(17,18)7-9)11-3-2-8(12(15)16)6-10(11)13/h2-3,6,9H,4-5,7H2,1H3,(H,15,16). The molecule has 1 unspecified atom stereocenters. The number of rotatable bonds is 3. The van der Waals surface area contributed by atoms with Gasteiger partial charge >= 0.3 is 5.97 Å². The van der Waals surface area contributed by atoms with Crippen LogP contribution >= 0.6 is 11.6 Å². The molecule has 7 heteroatoms. The van der Waals surface area contributed by atoms with Gasteiger partial charge in [0.2, 0.25) is 0 Å². The van der Waals surface area contributed by atoms with Gasteiger partial charge in [0.05, 0.1) is 27.8 Å². The highest BCUT2D eigenvalue weighted by atomic mass is 35.5. The molecular formula is C12H14ClNO4S. The van der Waals surface area contributed by atoms with E-state index in [0.717, 1.165) is 0 Å². The zero-order valence-electron chi connectivity index (χ0n) is 10.3. The van der Waals surface area contributed by atoms with Crippen LogP contribution in [0.4, 0.5) is 5.69 Å². The van der Waals surface area contributed by atoms with E-state index in [1.807, 2.05) is 0 Å². The molecule has 2 rings (SSSR count). The largest absolute Gasteiger partial charge is 0.478 e. The number of hydrogen-bond donors (Lipinski definition) is 1. The number of halogens is 1. The lowest BCUT2D eigenvalue weighted by Gasteiger charge is -2.26. The number of aromatic carboxylic acids is 1. The molecular weight excluding hydrogens is 290 g/mol. The minimum atomic E-state index is -2.96. The van der Waals surface area contributed by atoms with Gasteiger partial charge in [-0.3, -0.25) is 0 Å². The number of nitrogens with zero attached hydrogens (tertiary/aromatic N) is 1. The number of carbonyl (C=O) groups is 1. The van der Waals surface area contributed by atoms with Gasteiger partial charge in [0.25, 0.3) is 0 Å². The Balaban J connectivity index is 2.25. The van der Waals surface area contributed by atoms with Gasteiger partial charge in [-0.05, 0) is 24.6 Å². The van der Waals surface area contributed by atoms with E-state index in [1.54, 1.807) is 18.0 Å². The van der Waals surface area contributed by atoms with Gasteiger partial charge in [0.15, 0.2) is 9.84 Å². The minimum Gasteiger partial charge on any atom is -0.478 e. The molecule has 104 valence electrons. The van der Waals surface area contributed by atoms with Crippen LogP contribution in [-0.2, 0) is 9.84 Å². The Morgan fingerprint density at radius 1 is 1.47 bits per heavy atom. The van der Waals surface area contributed by atoms with E-state index in [2.05, 4.69) is 0 Å². The molecule has 0 amide bonds. The summed E-state index contributed by atoms with van der Waals surface area (Å²) in [6, 6.07) is 4.33. The van der Waals surface area contributed by atoms with Crippen LogP contribution in [0.25, 0.3) is 0 Å². The lowest BCUT2D eigenvalue weighted by atomic mass is 10.1. The first kappa shape index (κ1) is 14.1. The van der Waals surface area contributed by atoms with Gasteiger partial charge < -0.3 is 10.0 Å². The van der Waals surface area contributed by atoms with E-state index in [4.69, 9.17) is 16.7 Å². The highest BCUT2D eigenvalue weighted by Gasteiger charge is 2.31. The maximum atomic E-state index is 11.5. The van der Waals surface area contributed by atoms with E-state index >= 15 is 0 Å². The third-order valence-electron chi connectivity index (χ3n) is 3.33. The molecule has 1 aromatic rings. The second-order valence-corrected chi connectivity index (χ2v) is 7.28. The van der Waals surface area contributed by atoms with E-state index in [9.17, 15) is 13.2 Å². The summed E-state index contributed by atoms with van der Waals surface area (Å²) in [7, 11) is -1.19. The molecule has 1 heterocycles. The van der Waals surface area contributed by atoms with Gasteiger partial charge in [0.1, 0.15) is 0 Å². The van der Waals surface area contributed by atoms with Crippen molar-refractivity contribution in [2.75, 3.05) is 23.5 Å². The zero-order chi connectivity index (χ0) is 14.2. The van der Waals surface area contributed by atoms with Crippen molar-refractivity contribution < 1.29 is 18.3 Å². The summed E-state index contributed by atoms with van der Waals surface area (Å²) in [5.74, 6) is -0.743. The summed E-state index contributed by atoms with van der Waals surface area (Å²) in [6.45, 7) is 0. The smallest absolute Gasteiger partial charge is 0.335 e. The predicted molar refractivity (Wildman–Crippen MR) is 73.9 cm³/mol. The van der Waals surface area contributed by atoms with Crippen molar-refractivity contribution in [3.05, 3.63) is 28.8 Å². The SMILES string of the molecule is CN(c1ccc(C(=O)O)cc1Cl)C1CCS(=O)(=O)C1. The predicted octanol–water partition coefficient (Wildman–Crippen LogP) is 1.66. The van der Waals surface area contributed by atoms with E-state index < -0.39 is 15.8 Å². The van der Waals surface area contributed by atoms with E-state index in [-0.39, 0.29) is 23.1 Å². The normalized spacial score (nSPS) is 21.3. The maximum Gasteiger partial charge on any atom is 0.335 e. The molecule has 0 spiro atoms. The lowest BCUT2D eigenvalue weighted by molar-refractivity contribution is 0.0697. The van der Waals surface area contributed by atoms with Crippen LogP contribution in [0, 0.1) is 0 Å². The number of carboxylic acids is 1. The summed E-state index contributed by atoms with van der Waals surface area (Å²) in [5, 5.41) is 9.18. The molecule has 1 aliphatic heterocycles. The molecule has 1 aliphatic rings. The maximum absolute atomic E-state index is 11.5. The van der Waals surface area contributed by atoms with Crippen molar-refractivity contribution in [2.24, 2.45) is 0 Å². The first-order chi connectivity index (χ1) is 8.80. The molecule has 5 nitrogen and oxygen atoms in total. The molecule has 0 bridgehead atoms. The van der Waals surface area contributed by atoms with Crippen LogP contribution < -0.4 is 4.90 Å². The van der Waals surface area contributed by atoms with Crippen molar-refractivity contribution in [3.63, 3.8) is 0 Å².